The van der Waals surface area contributed by atoms with Gasteiger partial charge in [0.25, 0.3) is 0 Å². The lowest BCUT2D eigenvalue weighted by Gasteiger charge is -2.14. The third-order valence-corrected chi connectivity index (χ3v) is 3.48. The fraction of sp³-hybridized carbons (Fsp3) is 0.538. The average Bonchev–Trinajstić information content (AvgIpc) is 2.70. The molecule has 1 aromatic carbocycles. The van der Waals surface area contributed by atoms with E-state index in [1.54, 1.807) is 0 Å². The summed E-state index contributed by atoms with van der Waals surface area (Å²) in [6.07, 6.45) is 2.43. The van der Waals surface area contributed by atoms with E-state index >= 15 is 0 Å². The van der Waals surface area contributed by atoms with Gasteiger partial charge in [-0.25, -0.2) is 0 Å². The molecule has 1 aliphatic heterocycles. The number of aliphatic hydroxyl groups excluding tert-OH is 1. The maximum absolute atomic E-state index is 9.98. The monoisotopic (exact) mass is 284 g/mol. The van der Waals surface area contributed by atoms with Crippen LogP contribution < -0.4 is 0 Å². The van der Waals surface area contributed by atoms with Gasteiger partial charge in [-0.2, -0.15) is 0 Å². The maximum atomic E-state index is 9.98. The van der Waals surface area contributed by atoms with E-state index in [1.807, 2.05) is 12.1 Å². The van der Waals surface area contributed by atoms with Gasteiger partial charge >= 0.3 is 0 Å². The number of rotatable bonds is 4. The van der Waals surface area contributed by atoms with Crippen LogP contribution in [-0.2, 0) is 11.2 Å². The van der Waals surface area contributed by atoms with Crippen molar-refractivity contribution in [1.29, 1.82) is 0 Å². The van der Waals surface area contributed by atoms with Crippen LogP contribution >= 0.6 is 15.9 Å². The maximum Gasteiger partial charge on any atom is 0.0584 e. The van der Waals surface area contributed by atoms with Crippen molar-refractivity contribution >= 4 is 15.9 Å². The van der Waals surface area contributed by atoms with Crippen molar-refractivity contribution in [2.75, 3.05) is 13.2 Å². The van der Waals surface area contributed by atoms with Gasteiger partial charge in [-0.05, 0) is 42.9 Å². The molecule has 1 aromatic rings. The second kappa shape index (κ2) is 5.80. The standard InChI is InChI=1S/C13H17BrO2/c14-12-3-1-2-10(6-12)7-13(15)8-11-4-5-16-9-11/h1-3,6,11,13,15H,4-5,7-9H2. The van der Waals surface area contributed by atoms with Gasteiger partial charge in [0.15, 0.2) is 0 Å². The van der Waals surface area contributed by atoms with Crippen molar-refractivity contribution in [1.82, 2.24) is 0 Å². The van der Waals surface area contributed by atoms with Crippen LogP contribution in [0.3, 0.4) is 0 Å². The lowest BCUT2D eigenvalue weighted by Crippen LogP contribution is -2.16. The number of benzene rings is 1. The molecular weight excluding hydrogens is 268 g/mol. The van der Waals surface area contributed by atoms with Crippen LogP contribution in [-0.4, -0.2) is 24.4 Å². The fourth-order valence-corrected chi connectivity index (χ4v) is 2.62. The Morgan fingerprint density at radius 3 is 3.06 bits per heavy atom. The molecule has 1 aliphatic rings. The summed E-state index contributed by atoms with van der Waals surface area (Å²) in [6.45, 7) is 1.67. The molecular formula is C13H17BrO2. The summed E-state index contributed by atoms with van der Waals surface area (Å²) in [5.41, 5.74) is 1.18. The van der Waals surface area contributed by atoms with Crippen LogP contribution in [0.4, 0.5) is 0 Å². The van der Waals surface area contributed by atoms with Crippen molar-refractivity contribution < 1.29 is 9.84 Å². The molecule has 3 heteroatoms. The van der Waals surface area contributed by atoms with Gasteiger partial charge in [-0.3, -0.25) is 0 Å². The second-order valence-electron chi connectivity index (χ2n) is 4.45. The zero-order valence-electron chi connectivity index (χ0n) is 9.23. The molecule has 0 radical (unpaired) electrons. The summed E-state index contributed by atoms with van der Waals surface area (Å²) in [6, 6.07) is 8.12. The third kappa shape index (κ3) is 3.58. The van der Waals surface area contributed by atoms with Crippen molar-refractivity contribution in [3.8, 4) is 0 Å². The van der Waals surface area contributed by atoms with Crippen molar-refractivity contribution in [2.24, 2.45) is 5.92 Å². The van der Waals surface area contributed by atoms with Gasteiger partial charge in [0.2, 0.25) is 0 Å². The molecule has 1 saturated heterocycles. The summed E-state index contributed by atoms with van der Waals surface area (Å²) >= 11 is 3.44. The van der Waals surface area contributed by atoms with Crippen molar-refractivity contribution in [3.63, 3.8) is 0 Å². The third-order valence-electron chi connectivity index (χ3n) is 2.99. The van der Waals surface area contributed by atoms with Crippen molar-refractivity contribution in [3.05, 3.63) is 34.3 Å². The van der Waals surface area contributed by atoms with Gasteiger partial charge in [0.1, 0.15) is 0 Å². The Hall–Kier alpha value is -0.380. The van der Waals surface area contributed by atoms with Gasteiger partial charge in [-0.15, -0.1) is 0 Å². The fourth-order valence-electron chi connectivity index (χ4n) is 2.17. The minimum absolute atomic E-state index is 0.249. The lowest BCUT2D eigenvalue weighted by molar-refractivity contribution is 0.128. The molecule has 16 heavy (non-hydrogen) atoms. The number of hydrogen-bond donors (Lipinski definition) is 1. The molecule has 2 unspecified atom stereocenters. The highest BCUT2D eigenvalue weighted by molar-refractivity contribution is 9.10. The largest absolute Gasteiger partial charge is 0.393 e. The van der Waals surface area contributed by atoms with Crippen LogP contribution in [0.1, 0.15) is 18.4 Å². The first-order valence-electron chi connectivity index (χ1n) is 5.74. The normalized spacial score (nSPS) is 22.2. The van der Waals surface area contributed by atoms with E-state index in [4.69, 9.17) is 4.74 Å². The van der Waals surface area contributed by atoms with E-state index in [0.29, 0.717) is 5.92 Å². The summed E-state index contributed by atoms with van der Waals surface area (Å²) in [4.78, 5) is 0. The number of halogens is 1. The molecule has 0 amide bonds. The Balaban J connectivity index is 1.84. The van der Waals surface area contributed by atoms with Gasteiger partial charge in [0.05, 0.1) is 6.10 Å². The number of hydrogen-bond acceptors (Lipinski definition) is 2. The first-order chi connectivity index (χ1) is 7.74. The summed E-state index contributed by atoms with van der Waals surface area (Å²) in [7, 11) is 0. The van der Waals surface area contributed by atoms with E-state index in [1.165, 1.54) is 5.56 Å². The van der Waals surface area contributed by atoms with Gasteiger partial charge in [-0.1, -0.05) is 28.1 Å². The first kappa shape index (κ1) is 12.1. The van der Waals surface area contributed by atoms with E-state index < -0.39 is 0 Å². The molecule has 2 atom stereocenters. The number of aliphatic hydroxyl groups is 1. The molecule has 1 heterocycles. The zero-order valence-corrected chi connectivity index (χ0v) is 10.8. The molecule has 0 saturated carbocycles. The van der Waals surface area contributed by atoms with E-state index in [9.17, 15) is 5.11 Å². The molecule has 2 rings (SSSR count). The highest BCUT2D eigenvalue weighted by atomic mass is 79.9. The Morgan fingerprint density at radius 1 is 1.50 bits per heavy atom. The van der Waals surface area contributed by atoms with Crippen LogP contribution in [0.15, 0.2) is 28.7 Å². The summed E-state index contributed by atoms with van der Waals surface area (Å²) in [5, 5.41) is 9.98. The highest BCUT2D eigenvalue weighted by Gasteiger charge is 2.19. The molecule has 0 bridgehead atoms. The molecule has 2 nitrogen and oxygen atoms in total. The summed E-state index contributed by atoms with van der Waals surface area (Å²) < 4.78 is 6.38. The van der Waals surface area contributed by atoms with Crippen LogP contribution in [0.5, 0.6) is 0 Å². The predicted molar refractivity (Wildman–Crippen MR) is 67.4 cm³/mol. The Kier molecular flexibility index (Phi) is 4.38. The zero-order chi connectivity index (χ0) is 11.4. The Labute approximate surface area is 105 Å². The van der Waals surface area contributed by atoms with Crippen molar-refractivity contribution in [2.45, 2.75) is 25.4 Å². The summed E-state index contributed by atoms with van der Waals surface area (Å²) in [5.74, 6) is 0.544. The van der Waals surface area contributed by atoms with E-state index in [-0.39, 0.29) is 6.10 Å². The van der Waals surface area contributed by atoms with Crippen LogP contribution in [0, 0.1) is 5.92 Å². The minimum Gasteiger partial charge on any atom is -0.393 e. The predicted octanol–water partition coefficient (Wildman–Crippen LogP) is 2.78. The molecule has 0 aromatic heterocycles. The van der Waals surface area contributed by atoms with E-state index in [0.717, 1.165) is 36.9 Å². The van der Waals surface area contributed by atoms with Crippen LogP contribution in [0.25, 0.3) is 0 Å². The lowest BCUT2D eigenvalue weighted by atomic mass is 9.97. The molecule has 0 spiro atoms. The minimum atomic E-state index is -0.249. The molecule has 88 valence electrons. The Bertz CT molecular complexity index is 334. The topological polar surface area (TPSA) is 29.5 Å². The SMILES string of the molecule is OC(Cc1cccc(Br)c1)CC1CCOC1. The van der Waals surface area contributed by atoms with Crippen LogP contribution in [0.2, 0.25) is 0 Å². The Morgan fingerprint density at radius 2 is 2.38 bits per heavy atom. The molecule has 1 fully saturated rings. The number of ether oxygens (including phenoxy) is 1. The van der Waals surface area contributed by atoms with Gasteiger partial charge in [0, 0.05) is 17.7 Å². The quantitative estimate of drug-likeness (QED) is 0.921. The first-order valence-corrected chi connectivity index (χ1v) is 6.53. The van der Waals surface area contributed by atoms with E-state index in [2.05, 4.69) is 28.1 Å². The highest BCUT2D eigenvalue weighted by Crippen LogP contribution is 2.20. The molecule has 0 aliphatic carbocycles. The molecule has 1 N–H and O–H groups in total. The van der Waals surface area contributed by atoms with Gasteiger partial charge < -0.3 is 9.84 Å². The average molecular weight is 285 g/mol. The smallest absolute Gasteiger partial charge is 0.0584 e. The second-order valence-corrected chi connectivity index (χ2v) is 5.37.